The smallest absolute Gasteiger partial charge is 0.252 e. The second-order valence-electron chi connectivity index (χ2n) is 3.63. The molecule has 3 heteroatoms. The number of primary amides is 1. The lowest BCUT2D eigenvalue weighted by atomic mass is 10.1. The van der Waals surface area contributed by atoms with Crippen LogP contribution in [-0.4, -0.2) is 12.0 Å². The Morgan fingerprint density at radius 2 is 2.21 bits per heavy atom. The lowest BCUT2D eigenvalue weighted by Crippen LogP contribution is -2.15. The van der Waals surface area contributed by atoms with Gasteiger partial charge in [0.1, 0.15) is 5.75 Å². The molecule has 1 saturated carbocycles. The van der Waals surface area contributed by atoms with Gasteiger partial charge in [0.05, 0.1) is 11.7 Å². The molecule has 2 rings (SSSR count). The minimum Gasteiger partial charge on any atom is -0.490 e. The van der Waals surface area contributed by atoms with Gasteiger partial charge < -0.3 is 10.5 Å². The van der Waals surface area contributed by atoms with Gasteiger partial charge in [-0.05, 0) is 31.4 Å². The average Bonchev–Trinajstić information content (AvgIpc) is 2.87. The second kappa shape index (κ2) is 3.33. The van der Waals surface area contributed by atoms with E-state index in [0.717, 1.165) is 18.4 Å². The predicted molar refractivity (Wildman–Crippen MR) is 53.3 cm³/mol. The van der Waals surface area contributed by atoms with E-state index in [4.69, 9.17) is 10.5 Å². The lowest BCUT2D eigenvalue weighted by Gasteiger charge is -2.10. The van der Waals surface area contributed by atoms with Gasteiger partial charge in [0.15, 0.2) is 0 Å². The first-order valence-electron chi connectivity index (χ1n) is 4.74. The van der Waals surface area contributed by atoms with Crippen LogP contribution in [0.25, 0.3) is 0 Å². The van der Waals surface area contributed by atoms with Crippen molar-refractivity contribution in [3.8, 4) is 5.75 Å². The highest BCUT2D eigenvalue weighted by Gasteiger charge is 2.25. The van der Waals surface area contributed by atoms with Crippen LogP contribution in [0, 0.1) is 6.92 Å². The molecule has 0 aromatic heterocycles. The molecule has 0 spiro atoms. The molecule has 0 saturated heterocycles. The van der Waals surface area contributed by atoms with E-state index in [1.165, 1.54) is 0 Å². The minimum atomic E-state index is -0.418. The fraction of sp³-hybridized carbons (Fsp3) is 0.364. The number of amides is 1. The third-order valence-corrected chi connectivity index (χ3v) is 2.30. The molecule has 3 nitrogen and oxygen atoms in total. The number of nitrogens with two attached hydrogens (primary N) is 1. The van der Waals surface area contributed by atoms with Crippen LogP contribution < -0.4 is 10.5 Å². The van der Waals surface area contributed by atoms with E-state index in [1.54, 1.807) is 6.07 Å². The van der Waals surface area contributed by atoms with Crippen LogP contribution in [0.4, 0.5) is 0 Å². The third-order valence-electron chi connectivity index (χ3n) is 2.30. The standard InChI is InChI=1S/C11H13NO2/c1-7-3-2-4-9(10(7)11(12)13)14-8-5-6-8/h2-4,8H,5-6H2,1H3,(H2,12,13). The Labute approximate surface area is 82.9 Å². The second-order valence-corrected chi connectivity index (χ2v) is 3.63. The largest absolute Gasteiger partial charge is 0.490 e. The maximum Gasteiger partial charge on any atom is 0.252 e. The summed E-state index contributed by atoms with van der Waals surface area (Å²) in [6.07, 6.45) is 2.44. The molecule has 1 amide bonds. The lowest BCUT2D eigenvalue weighted by molar-refractivity contribution is 0.0995. The highest BCUT2D eigenvalue weighted by Crippen LogP contribution is 2.30. The number of carbonyl (C=O) groups excluding carboxylic acids is 1. The molecule has 74 valence electrons. The average molecular weight is 191 g/mol. The molecule has 1 fully saturated rings. The van der Waals surface area contributed by atoms with E-state index in [9.17, 15) is 4.79 Å². The van der Waals surface area contributed by atoms with Gasteiger partial charge in [0, 0.05) is 0 Å². The van der Waals surface area contributed by atoms with E-state index < -0.39 is 5.91 Å². The van der Waals surface area contributed by atoms with Crippen molar-refractivity contribution < 1.29 is 9.53 Å². The molecule has 1 aromatic rings. The fourth-order valence-electron chi connectivity index (χ4n) is 1.42. The van der Waals surface area contributed by atoms with Crippen molar-refractivity contribution in [3.05, 3.63) is 29.3 Å². The van der Waals surface area contributed by atoms with Gasteiger partial charge in [-0.3, -0.25) is 4.79 Å². The maximum atomic E-state index is 11.2. The molecule has 0 bridgehead atoms. The summed E-state index contributed by atoms with van der Waals surface area (Å²) in [5.41, 5.74) is 6.68. The first-order valence-corrected chi connectivity index (χ1v) is 4.74. The quantitative estimate of drug-likeness (QED) is 0.789. The Morgan fingerprint density at radius 1 is 1.50 bits per heavy atom. The van der Waals surface area contributed by atoms with Crippen molar-refractivity contribution in [1.29, 1.82) is 0 Å². The van der Waals surface area contributed by atoms with Crippen LogP contribution in [-0.2, 0) is 0 Å². The molecule has 1 aliphatic rings. The van der Waals surface area contributed by atoms with Gasteiger partial charge >= 0.3 is 0 Å². The summed E-state index contributed by atoms with van der Waals surface area (Å²) < 4.78 is 5.60. The molecule has 0 atom stereocenters. The van der Waals surface area contributed by atoms with Gasteiger partial charge in [-0.15, -0.1) is 0 Å². The summed E-state index contributed by atoms with van der Waals surface area (Å²) in [7, 11) is 0. The summed E-state index contributed by atoms with van der Waals surface area (Å²) >= 11 is 0. The molecule has 14 heavy (non-hydrogen) atoms. The van der Waals surface area contributed by atoms with Crippen LogP contribution in [0.3, 0.4) is 0 Å². The predicted octanol–water partition coefficient (Wildman–Crippen LogP) is 1.64. The Balaban J connectivity index is 2.35. The van der Waals surface area contributed by atoms with Gasteiger partial charge in [-0.2, -0.15) is 0 Å². The van der Waals surface area contributed by atoms with E-state index in [0.29, 0.717) is 11.3 Å². The first kappa shape index (κ1) is 9.06. The Hall–Kier alpha value is -1.51. The molecule has 0 radical (unpaired) electrons. The molecule has 0 heterocycles. The molecule has 2 N–H and O–H groups in total. The topological polar surface area (TPSA) is 52.3 Å². The molecule has 0 aliphatic heterocycles. The zero-order valence-electron chi connectivity index (χ0n) is 8.12. The van der Waals surface area contributed by atoms with Crippen molar-refractivity contribution in [2.24, 2.45) is 5.73 Å². The van der Waals surface area contributed by atoms with Crippen molar-refractivity contribution in [2.75, 3.05) is 0 Å². The Bertz CT molecular complexity index is 370. The van der Waals surface area contributed by atoms with Crippen molar-refractivity contribution >= 4 is 5.91 Å². The summed E-state index contributed by atoms with van der Waals surface area (Å²) in [6, 6.07) is 5.53. The maximum absolute atomic E-state index is 11.2. The number of hydrogen-bond donors (Lipinski definition) is 1. The van der Waals surface area contributed by atoms with Crippen LogP contribution in [0.5, 0.6) is 5.75 Å². The number of benzene rings is 1. The van der Waals surface area contributed by atoms with Gasteiger partial charge in [0.25, 0.3) is 5.91 Å². The molecular weight excluding hydrogens is 178 g/mol. The highest BCUT2D eigenvalue weighted by atomic mass is 16.5. The fourth-order valence-corrected chi connectivity index (χ4v) is 1.42. The van der Waals surface area contributed by atoms with Gasteiger partial charge in [-0.25, -0.2) is 0 Å². The molecule has 0 unspecified atom stereocenters. The van der Waals surface area contributed by atoms with E-state index in [-0.39, 0.29) is 6.10 Å². The molecular formula is C11H13NO2. The number of ether oxygens (including phenoxy) is 1. The van der Waals surface area contributed by atoms with E-state index in [2.05, 4.69) is 0 Å². The van der Waals surface area contributed by atoms with Crippen LogP contribution in [0.2, 0.25) is 0 Å². The number of aryl methyl sites for hydroxylation is 1. The summed E-state index contributed by atoms with van der Waals surface area (Å²) in [6.45, 7) is 1.86. The Morgan fingerprint density at radius 3 is 2.79 bits per heavy atom. The van der Waals surface area contributed by atoms with Gasteiger partial charge in [0.2, 0.25) is 0 Å². The normalized spacial score (nSPS) is 15.2. The van der Waals surface area contributed by atoms with Crippen molar-refractivity contribution in [3.63, 3.8) is 0 Å². The highest BCUT2D eigenvalue weighted by molar-refractivity contribution is 5.97. The SMILES string of the molecule is Cc1cccc(OC2CC2)c1C(N)=O. The molecule has 1 aliphatic carbocycles. The number of hydrogen-bond acceptors (Lipinski definition) is 2. The minimum absolute atomic E-state index is 0.287. The van der Waals surface area contributed by atoms with E-state index >= 15 is 0 Å². The third kappa shape index (κ3) is 1.71. The summed E-state index contributed by atoms with van der Waals surface area (Å²) in [4.78, 5) is 11.2. The first-order chi connectivity index (χ1) is 6.68. The van der Waals surface area contributed by atoms with Crippen molar-refractivity contribution in [2.45, 2.75) is 25.9 Å². The summed E-state index contributed by atoms with van der Waals surface area (Å²) in [5.74, 6) is 0.207. The van der Waals surface area contributed by atoms with Crippen LogP contribution >= 0.6 is 0 Å². The number of carbonyl (C=O) groups is 1. The molecule has 1 aromatic carbocycles. The Kier molecular flexibility index (Phi) is 2.15. The number of rotatable bonds is 3. The summed E-state index contributed by atoms with van der Waals surface area (Å²) in [5, 5.41) is 0. The zero-order chi connectivity index (χ0) is 10.1. The zero-order valence-corrected chi connectivity index (χ0v) is 8.12. The van der Waals surface area contributed by atoms with E-state index in [1.807, 2.05) is 19.1 Å². The monoisotopic (exact) mass is 191 g/mol. The van der Waals surface area contributed by atoms with Crippen LogP contribution in [0.1, 0.15) is 28.8 Å². The van der Waals surface area contributed by atoms with Gasteiger partial charge in [-0.1, -0.05) is 12.1 Å². The van der Waals surface area contributed by atoms with Crippen molar-refractivity contribution in [1.82, 2.24) is 0 Å². The van der Waals surface area contributed by atoms with Crippen LogP contribution in [0.15, 0.2) is 18.2 Å².